The quantitative estimate of drug-likeness (QED) is 0.664. The number of rotatable bonds is 5. The number of hydrogen-bond acceptors (Lipinski definition) is 5. The van der Waals surface area contributed by atoms with Gasteiger partial charge in [0.05, 0.1) is 18.3 Å². The van der Waals surface area contributed by atoms with Gasteiger partial charge in [-0.25, -0.2) is 9.78 Å². The number of aromatic nitrogens is 2. The second kappa shape index (κ2) is 6.97. The fraction of sp³-hybridized carbons (Fsp3) is 0.278. The third kappa shape index (κ3) is 2.97. The summed E-state index contributed by atoms with van der Waals surface area (Å²) in [6.07, 6.45) is 2.17. The van der Waals surface area contributed by atoms with E-state index in [2.05, 4.69) is 4.98 Å². The summed E-state index contributed by atoms with van der Waals surface area (Å²) in [5.74, 6) is -0.420. The minimum absolute atomic E-state index is 0.221. The number of esters is 1. The van der Waals surface area contributed by atoms with Gasteiger partial charge in [0.2, 0.25) is 0 Å². The van der Waals surface area contributed by atoms with Crippen molar-refractivity contribution >= 4 is 27.5 Å². The maximum Gasteiger partial charge on any atom is 0.328 e. The molecule has 1 aromatic carbocycles. The molecule has 2 heterocycles. The molecule has 3 aromatic rings. The van der Waals surface area contributed by atoms with Crippen molar-refractivity contribution < 1.29 is 9.53 Å². The van der Waals surface area contributed by atoms with Gasteiger partial charge in [0.25, 0.3) is 5.56 Å². The summed E-state index contributed by atoms with van der Waals surface area (Å²) in [6, 6.07) is 9.00. The van der Waals surface area contributed by atoms with Gasteiger partial charge in [0.1, 0.15) is 10.9 Å². The summed E-state index contributed by atoms with van der Waals surface area (Å²) < 4.78 is 6.49. The number of fused-ring (bicyclic) bond motifs is 1. The Morgan fingerprint density at radius 2 is 2.08 bits per heavy atom. The van der Waals surface area contributed by atoms with E-state index < -0.39 is 12.0 Å². The molecule has 6 heteroatoms. The molecule has 0 saturated heterocycles. The van der Waals surface area contributed by atoms with Crippen LogP contribution in [0.5, 0.6) is 0 Å². The summed E-state index contributed by atoms with van der Waals surface area (Å²) in [4.78, 5) is 30.0. The van der Waals surface area contributed by atoms with Crippen LogP contribution in [0.15, 0.2) is 46.8 Å². The zero-order valence-electron chi connectivity index (χ0n) is 13.6. The fourth-order valence-corrected chi connectivity index (χ4v) is 3.39. The molecule has 124 valence electrons. The van der Waals surface area contributed by atoms with E-state index >= 15 is 0 Å². The molecule has 1 atom stereocenters. The average Bonchev–Trinajstić information content (AvgIpc) is 3.05. The number of ether oxygens (including phenoxy) is 1. The topological polar surface area (TPSA) is 61.2 Å². The van der Waals surface area contributed by atoms with Crippen molar-refractivity contribution in [3.05, 3.63) is 52.4 Å². The van der Waals surface area contributed by atoms with Crippen LogP contribution >= 0.6 is 11.3 Å². The third-order valence-corrected chi connectivity index (χ3v) is 4.70. The van der Waals surface area contributed by atoms with Gasteiger partial charge in [-0.3, -0.25) is 9.36 Å². The molecule has 2 aromatic heterocycles. The Balaban J connectivity index is 2.08. The molecule has 0 amide bonds. The molecule has 3 rings (SSSR count). The van der Waals surface area contributed by atoms with Gasteiger partial charge in [-0.2, -0.15) is 0 Å². The third-order valence-electron chi connectivity index (χ3n) is 3.81. The predicted molar refractivity (Wildman–Crippen MR) is 95.3 cm³/mol. The van der Waals surface area contributed by atoms with Gasteiger partial charge >= 0.3 is 5.97 Å². The molecular formula is C18H18N2O3S. The van der Waals surface area contributed by atoms with Crippen molar-refractivity contribution in [2.45, 2.75) is 26.3 Å². The Bertz CT molecular complexity index is 915. The minimum Gasteiger partial charge on any atom is -0.464 e. The molecule has 0 aliphatic heterocycles. The first-order valence-electron chi connectivity index (χ1n) is 7.84. The van der Waals surface area contributed by atoms with Crippen molar-refractivity contribution in [1.29, 1.82) is 0 Å². The lowest BCUT2D eigenvalue weighted by molar-refractivity contribution is -0.147. The van der Waals surface area contributed by atoms with E-state index in [1.54, 1.807) is 6.92 Å². The Hall–Kier alpha value is -2.47. The summed E-state index contributed by atoms with van der Waals surface area (Å²) in [6.45, 7) is 3.93. The number of nitrogens with zero attached hydrogens (tertiary/aromatic N) is 2. The molecule has 0 bridgehead atoms. The number of thiophene rings is 1. The lowest BCUT2D eigenvalue weighted by Gasteiger charge is -2.14. The van der Waals surface area contributed by atoms with Crippen LogP contribution in [0.3, 0.4) is 0 Å². The first-order chi connectivity index (χ1) is 11.6. The highest BCUT2D eigenvalue weighted by Gasteiger charge is 2.21. The van der Waals surface area contributed by atoms with E-state index in [1.165, 1.54) is 22.2 Å². The van der Waals surface area contributed by atoms with Crippen molar-refractivity contribution in [3.8, 4) is 11.1 Å². The van der Waals surface area contributed by atoms with Crippen molar-refractivity contribution in [2.75, 3.05) is 6.61 Å². The summed E-state index contributed by atoms with van der Waals surface area (Å²) in [5.41, 5.74) is 1.58. The predicted octanol–water partition coefficient (Wildman–Crippen LogP) is 3.64. The number of benzene rings is 1. The summed E-state index contributed by atoms with van der Waals surface area (Å²) in [5, 5.41) is 2.47. The lowest BCUT2D eigenvalue weighted by Crippen LogP contribution is -2.29. The molecule has 0 N–H and O–H groups in total. The number of hydrogen-bond donors (Lipinski definition) is 0. The van der Waals surface area contributed by atoms with Crippen LogP contribution in [0, 0.1) is 0 Å². The number of carbonyl (C=O) groups is 1. The zero-order chi connectivity index (χ0) is 17.1. The fourth-order valence-electron chi connectivity index (χ4n) is 2.49. The normalized spacial score (nSPS) is 12.2. The van der Waals surface area contributed by atoms with Gasteiger partial charge in [-0.05, 0) is 18.9 Å². The molecule has 0 saturated carbocycles. The van der Waals surface area contributed by atoms with Crippen LogP contribution in [0.1, 0.15) is 26.3 Å². The molecule has 0 fully saturated rings. The van der Waals surface area contributed by atoms with E-state index in [0.29, 0.717) is 16.8 Å². The van der Waals surface area contributed by atoms with Crippen LogP contribution in [0.25, 0.3) is 21.3 Å². The second-order valence-corrected chi connectivity index (χ2v) is 6.35. The molecule has 0 unspecified atom stereocenters. The van der Waals surface area contributed by atoms with E-state index in [-0.39, 0.29) is 5.56 Å². The Morgan fingerprint density at radius 1 is 1.33 bits per heavy atom. The molecule has 24 heavy (non-hydrogen) atoms. The number of carbonyl (C=O) groups excluding carboxylic acids is 1. The maximum atomic E-state index is 12.9. The van der Waals surface area contributed by atoms with Crippen LogP contribution in [-0.4, -0.2) is 22.1 Å². The molecule has 5 nitrogen and oxygen atoms in total. The minimum atomic E-state index is -0.704. The van der Waals surface area contributed by atoms with E-state index in [0.717, 1.165) is 17.5 Å². The highest BCUT2D eigenvalue weighted by molar-refractivity contribution is 7.17. The molecule has 0 aliphatic rings. The van der Waals surface area contributed by atoms with Gasteiger partial charge < -0.3 is 4.74 Å². The Labute approximate surface area is 143 Å². The first kappa shape index (κ1) is 16.4. The smallest absolute Gasteiger partial charge is 0.328 e. The Kier molecular flexibility index (Phi) is 4.76. The lowest BCUT2D eigenvalue weighted by atomic mass is 10.1. The largest absolute Gasteiger partial charge is 0.464 e. The molecule has 0 spiro atoms. The highest BCUT2D eigenvalue weighted by Crippen LogP contribution is 2.30. The molecule has 0 aliphatic carbocycles. The van der Waals surface area contributed by atoms with E-state index in [9.17, 15) is 9.59 Å². The SMILES string of the molecule is CCCOC(=O)[C@H](C)n1cnc2scc(-c3ccccc3)c2c1=O. The van der Waals surface area contributed by atoms with Gasteiger partial charge in [-0.15, -0.1) is 11.3 Å². The van der Waals surface area contributed by atoms with E-state index in [1.807, 2.05) is 42.6 Å². The standard InChI is InChI=1S/C18H18N2O3S/c1-3-9-23-18(22)12(2)20-11-19-16-15(17(20)21)14(10-24-16)13-7-5-4-6-8-13/h4-8,10-12H,3,9H2,1-2H3/t12-/m0/s1. The van der Waals surface area contributed by atoms with Crippen molar-refractivity contribution in [3.63, 3.8) is 0 Å². The van der Waals surface area contributed by atoms with Crippen LogP contribution in [0.2, 0.25) is 0 Å². The van der Waals surface area contributed by atoms with E-state index in [4.69, 9.17) is 4.74 Å². The van der Waals surface area contributed by atoms with Crippen molar-refractivity contribution in [1.82, 2.24) is 9.55 Å². The maximum absolute atomic E-state index is 12.9. The summed E-state index contributed by atoms with van der Waals surface area (Å²) >= 11 is 1.43. The highest BCUT2D eigenvalue weighted by atomic mass is 32.1. The first-order valence-corrected chi connectivity index (χ1v) is 8.71. The zero-order valence-corrected chi connectivity index (χ0v) is 14.4. The summed E-state index contributed by atoms with van der Waals surface area (Å²) in [7, 11) is 0. The van der Waals surface area contributed by atoms with Crippen molar-refractivity contribution in [2.24, 2.45) is 0 Å². The molecular weight excluding hydrogens is 324 g/mol. The van der Waals surface area contributed by atoms with Gasteiger partial charge in [0, 0.05) is 10.9 Å². The van der Waals surface area contributed by atoms with Gasteiger partial charge in [-0.1, -0.05) is 37.3 Å². The average molecular weight is 342 g/mol. The monoisotopic (exact) mass is 342 g/mol. The van der Waals surface area contributed by atoms with Crippen LogP contribution in [0.4, 0.5) is 0 Å². The van der Waals surface area contributed by atoms with Crippen LogP contribution in [-0.2, 0) is 9.53 Å². The van der Waals surface area contributed by atoms with Gasteiger partial charge in [0.15, 0.2) is 0 Å². The molecule has 0 radical (unpaired) electrons. The Morgan fingerprint density at radius 3 is 2.79 bits per heavy atom. The van der Waals surface area contributed by atoms with Crippen LogP contribution < -0.4 is 5.56 Å². The second-order valence-electron chi connectivity index (χ2n) is 5.50.